The number of carbonyl (C=O) groups excluding carboxylic acids is 7. The number of rotatable bonds is 21. The number of benzene rings is 2. The summed E-state index contributed by atoms with van der Waals surface area (Å²) in [6, 6.07) is 15.1. The van der Waals surface area contributed by atoms with E-state index in [1.807, 2.05) is 48.5 Å². The van der Waals surface area contributed by atoms with Crippen LogP contribution in [0.4, 0.5) is 11.4 Å². The van der Waals surface area contributed by atoms with Crippen molar-refractivity contribution in [2.24, 2.45) is 24.6 Å². The molecule has 2 aromatic carbocycles. The maximum Gasteiger partial charge on any atom is 0.255 e. The van der Waals surface area contributed by atoms with Crippen molar-refractivity contribution in [3.05, 3.63) is 78.2 Å². The Labute approximate surface area is 467 Å². The summed E-state index contributed by atoms with van der Waals surface area (Å²) < 4.78 is 7.23. The van der Waals surface area contributed by atoms with E-state index in [9.17, 15) is 33.6 Å². The van der Waals surface area contributed by atoms with E-state index in [0.29, 0.717) is 93.3 Å². The molecule has 7 amide bonds. The molecule has 0 bridgehead atoms. The van der Waals surface area contributed by atoms with Crippen LogP contribution in [0.25, 0.3) is 11.4 Å². The molecule has 9 rings (SSSR count). The van der Waals surface area contributed by atoms with Gasteiger partial charge in [0.1, 0.15) is 23.4 Å². The van der Waals surface area contributed by atoms with E-state index in [1.165, 1.54) is 4.90 Å². The number of piperidine rings is 3. The number of carbonyl (C=O) groups is 7. The van der Waals surface area contributed by atoms with Gasteiger partial charge in [0.05, 0.1) is 42.5 Å². The lowest BCUT2D eigenvalue weighted by molar-refractivity contribution is -0.138. The quantitative estimate of drug-likeness (QED) is 0.0438. The number of nitrogens with one attached hydrogen (secondary N) is 7. The molecule has 4 aromatic rings. The molecule has 6 unspecified atom stereocenters. The minimum atomic E-state index is -0.894. The number of para-hydroxylation sites is 1. The molecular weight excluding hydrogens is 1050 g/mol. The summed E-state index contributed by atoms with van der Waals surface area (Å²) >= 11 is 0. The molecule has 4 fully saturated rings. The highest BCUT2D eigenvalue weighted by Gasteiger charge is 2.41. The number of hydrogen-bond donors (Lipinski definition) is 8. The summed E-state index contributed by atoms with van der Waals surface area (Å²) in [5, 5.41) is 27.9. The number of fused-ring (bicyclic) bond motifs is 1. The first kappa shape index (κ1) is 56.9. The van der Waals surface area contributed by atoms with Crippen molar-refractivity contribution < 1.29 is 38.3 Å². The van der Waals surface area contributed by atoms with E-state index in [4.69, 9.17) is 10.5 Å². The zero-order valence-electron chi connectivity index (χ0n) is 45.0. The molecule has 79 heavy (non-hydrogen) atoms. The standard InChI is InChI=1S/C54H71N15O8S2/c1-54(2,79-78-46-10-5-6-20-57-46)19-17-44(70)56-21-18-39(53(76)68-24-22-67(23-25-68)34-12-13-35-33(26-34)30-69(52(35)75)41-14-16-45(71)64-51(41)74)62-50(73)32-11-15-42(58-28-32)63-43-27-40(37(29-59-43)48(55)72)61-38-9-7-8-36(47(38)77-4)49-60-31-66(3)65-49/h5-10,12-13,20,26,31-32,37,39-43,58-59,61,63H,11,14-19,21-25,27-30H2,1-4H3,(H2,55,72)(H,56,70)(H,62,73)(H,64,71,74)/t32?,37?,39-,40?,41?,42?,43?/m0/s1. The van der Waals surface area contributed by atoms with Crippen molar-refractivity contribution in [2.75, 3.05) is 63.1 Å². The van der Waals surface area contributed by atoms with Gasteiger partial charge in [-0.2, -0.15) is 5.10 Å². The highest BCUT2D eigenvalue weighted by molar-refractivity contribution is 8.77. The number of anilines is 2. The van der Waals surface area contributed by atoms with Gasteiger partial charge in [0.25, 0.3) is 5.91 Å². The van der Waals surface area contributed by atoms with Crippen molar-refractivity contribution in [3.63, 3.8) is 0 Å². The van der Waals surface area contributed by atoms with Gasteiger partial charge in [0.15, 0.2) is 11.6 Å². The van der Waals surface area contributed by atoms with Crippen LogP contribution in [0.5, 0.6) is 5.75 Å². The second-order valence-electron chi connectivity index (χ2n) is 21.3. The molecule has 422 valence electrons. The summed E-state index contributed by atoms with van der Waals surface area (Å²) in [7, 11) is 6.60. The summed E-state index contributed by atoms with van der Waals surface area (Å²) in [6.07, 6.45) is 6.21. The van der Waals surface area contributed by atoms with Crippen LogP contribution in [-0.2, 0) is 42.4 Å². The van der Waals surface area contributed by atoms with E-state index < -0.39 is 35.7 Å². The Hall–Kier alpha value is -6.80. The maximum atomic E-state index is 14.5. The van der Waals surface area contributed by atoms with E-state index in [1.54, 1.807) is 63.9 Å². The van der Waals surface area contributed by atoms with Crippen molar-refractivity contribution in [3.8, 4) is 17.1 Å². The number of primary amides is 1. The third-order valence-electron chi connectivity index (χ3n) is 15.3. The molecule has 0 radical (unpaired) electrons. The zero-order chi connectivity index (χ0) is 55.8. The lowest BCUT2D eigenvalue weighted by Gasteiger charge is -2.40. The van der Waals surface area contributed by atoms with Crippen LogP contribution in [0.2, 0.25) is 0 Å². The van der Waals surface area contributed by atoms with Gasteiger partial charge in [-0.25, -0.2) is 9.97 Å². The first-order valence-electron chi connectivity index (χ1n) is 27.0. The van der Waals surface area contributed by atoms with Crippen LogP contribution in [0.3, 0.4) is 0 Å². The SMILES string of the molecule is COc1c(NC2CC(NC3CCC(C(=O)N[C@@H](CCNC(=O)CCC(C)(C)SSc4ccccn4)C(=O)N4CCN(c5ccc6c(c5)CN(C5CCC(=O)NC5=O)C6=O)CC4)CN3)NCC2C(N)=O)cccc1-c1ncn(C)n1. The number of hydrogen-bond acceptors (Lipinski definition) is 18. The second kappa shape index (κ2) is 25.5. The molecule has 9 N–H and O–H groups in total. The predicted molar refractivity (Wildman–Crippen MR) is 299 cm³/mol. The molecule has 23 nitrogen and oxygen atoms in total. The molecule has 5 aliphatic heterocycles. The van der Waals surface area contributed by atoms with Crippen LogP contribution < -0.4 is 52.6 Å². The smallest absolute Gasteiger partial charge is 0.255 e. The van der Waals surface area contributed by atoms with Gasteiger partial charge in [-0.15, -0.1) is 0 Å². The monoisotopic (exact) mass is 1120 g/mol. The molecule has 0 aliphatic carbocycles. The van der Waals surface area contributed by atoms with Crippen LogP contribution in [0.1, 0.15) is 81.1 Å². The van der Waals surface area contributed by atoms with Crippen molar-refractivity contribution in [1.29, 1.82) is 0 Å². The average molecular weight is 1120 g/mol. The molecule has 25 heteroatoms. The molecule has 4 saturated heterocycles. The largest absolute Gasteiger partial charge is 0.494 e. The summed E-state index contributed by atoms with van der Waals surface area (Å²) in [5.41, 5.74) is 9.51. The number of nitrogens with zero attached hydrogens (tertiary/aromatic N) is 7. The molecule has 0 saturated carbocycles. The number of piperazine rings is 1. The van der Waals surface area contributed by atoms with E-state index in [0.717, 1.165) is 16.3 Å². The lowest BCUT2D eigenvalue weighted by Crippen LogP contribution is -2.63. The number of ether oxygens (including phenoxy) is 1. The second-order valence-corrected chi connectivity index (χ2v) is 24.2. The summed E-state index contributed by atoms with van der Waals surface area (Å²) in [6.45, 7) is 7.08. The number of aromatic nitrogens is 4. The Kier molecular flexibility index (Phi) is 18.4. The molecule has 7 atom stereocenters. The topological polar surface area (TPSA) is 292 Å². The van der Waals surface area contributed by atoms with Gasteiger partial charge in [-0.3, -0.25) is 48.9 Å². The zero-order valence-corrected chi connectivity index (χ0v) is 46.6. The molecule has 0 spiro atoms. The third kappa shape index (κ3) is 14.2. The minimum Gasteiger partial charge on any atom is -0.494 e. The van der Waals surface area contributed by atoms with Crippen LogP contribution in [0, 0.1) is 11.8 Å². The maximum absolute atomic E-state index is 14.5. The van der Waals surface area contributed by atoms with E-state index in [2.05, 4.69) is 71.0 Å². The van der Waals surface area contributed by atoms with Crippen LogP contribution >= 0.6 is 21.6 Å². The van der Waals surface area contributed by atoms with Crippen molar-refractivity contribution in [2.45, 2.75) is 112 Å². The fourth-order valence-corrected chi connectivity index (χ4v) is 13.0. The normalized spacial score (nSPS) is 22.9. The first-order valence-corrected chi connectivity index (χ1v) is 29.1. The Morgan fingerprint density at radius 1 is 0.937 bits per heavy atom. The summed E-state index contributed by atoms with van der Waals surface area (Å²) in [4.78, 5) is 107. The fraction of sp³-hybridized carbons (Fsp3) is 0.519. The molecular formula is C54H71N15O8S2. The van der Waals surface area contributed by atoms with Gasteiger partial charge in [0, 0.05) is 100 Å². The number of methoxy groups -OCH3 is 1. The van der Waals surface area contributed by atoms with Crippen LogP contribution in [0.15, 0.2) is 72.1 Å². The van der Waals surface area contributed by atoms with Gasteiger partial charge in [-0.1, -0.05) is 22.9 Å². The molecule has 2 aromatic heterocycles. The highest BCUT2D eigenvalue weighted by atomic mass is 33.1. The number of aryl methyl sites for hydroxylation is 1. The fourth-order valence-electron chi connectivity index (χ4n) is 10.8. The van der Waals surface area contributed by atoms with Gasteiger partial charge < -0.3 is 51.8 Å². The number of nitrogens with two attached hydrogens (primary N) is 1. The highest BCUT2D eigenvalue weighted by Crippen LogP contribution is 2.42. The van der Waals surface area contributed by atoms with Gasteiger partial charge in [0.2, 0.25) is 35.4 Å². The number of pyridine rings is 1. The number of imide groups is 1. The van der Waals surface area contributed by atoms with Gasteiger partial charge >= 0.3 is 0 Å². The van der Waals surface area contributed by atoms with Crippen molar-refractivity contribution in [1.82, 2.24) is 61.4 Å². The Balaban J connectivity index is 0.794. The van der Waals surface area contributed by atoms with E-state index in [-0.39, 0.29) is 91.4 Å². The van der Waals surface area contributed by atoms with Gasteiger partial charge in [-0.05, 0) is 111 Å². The minimum absolute atomic E-state index is 0.138. The molecule has 7 heterocycles. The Bertz CT molecular complexity index is 2880. The first-order chi connectivity index (χ1) is 38.0. The Morgan fingerprint density at radius 3 is 2.46 bits per heavy atom. The lowest BCUT2D eigenvalue weighted by atomic mass is 9.90. The average Bonchev–Trinajstić information content (AvgIpc) is 4.11. The molecule has 5 aliphatic rings. The Morgan fingerprint density at radius 2 is 1.75 bits per heavy atom. The van der Waals surface area contributed by atoms with Crippen LogP contribution in [-0.4, -0.2) is 159 Å². The van der Waals surface area contributed by atoms with Crippen molar-refractivity contribution >= 4 is 74.3 Å². The summed E-state index contributed by atoms with van der Waals surface area (Å²) in [5.74, 6) is -1.98. The van der Waals surface area contributed by atoms with E-state index >= 15 is 0 Å². The number of amides is 7. The predicted octanol–water partition coefficient (Wildman–Crippen LogP) is 2.10. The third-order valence-corrected chi connectivity index (χ3v) is 18.6.